The highest BCUT2D eigenvalue weighted by Gasteiger charge is 2.34. The molecule has 0 unspecified atom stereocenters. The molecular formula is C16H14ClN3O2. The minimum Gasteiger partial charge on any atom is -0.351 e. The lowest BCUT2D eigenvalue weighted by Gasteiger charge is -2.15. The van der Waals surface area contributed by atoms with Crippen LogP contribution in [0.2, 0.25) is 0 Å². The third kappa shape index (κ3) is 2.33. The van der Waals surface area contributed by atoms with E-state index in [0.717, 1.165) is 6.42 Å². The van der Waals surface area contributed by atoms with Crippen LogP contribution in [0.5, 0.6) is 0 Å². The molecule has 1 heterocycles. The molecule has 0 saturated carbocycles. The zero-order valence-electron chi connectivity index (χ0n) is 12.2. The molecule has 0 amide bonds. The first-order valence-corrected chi connectivity index (χ1v) is 7.30. The van der Waals surface area contributed by atoms with Crippen molar-refractivity contribution in [2.24, 2.45) is 0 Å². The lowest BCUT2D eigenvalue weighted by atomic mass is 10.0. The van der Waals surface area contributed by atoms with Crippen molar-refractivity contribution in [2.75, 3.05) is 5.32 Å². The Hall–Kier alpha value is -2.40. The number of aromatic amines is 1. The quantitative estimate of drug-likeness (QED) is 0.912. The number of nitrogens with zero attached hydrogens (tertiary/aromatic N) is 1. The van der Waals surface area contributed by atoms with E-state index in [1.54, 1.807) is 6.92 Å². The first-order valence-electron chi connectivity index (χ1n) is 6.93. The van der Waals surface area contributed by atoms with Crippen molar-refractivity contribution in [3.05, 3.63) is 57.8 Å². The van der Waals surface area contributed by atoms with Crippen LogP contribution in [0, 0.1) is 6.92 Å². The van der Waals surface area contributed by atoms with E-state index < -0.39 is 5.78 Å². The summed E-state index contributed by atoms with van der Waals surface area (Å²) in [7, 11) is 0. The SMILES string of the molecule is CCc1ccc(NC2=C(Cl)C(=O)c3[nH]c(C)nc3C2=O)cc1. The number of allylic oxidation sites excluding steroid dienone is 2. The maximum absolute atomic E-state index is 12.5. The van der Waals surface area contributed by atoms with Gasteiger partial charge in [0.2, 0.25) is 11.6 Å². The standard InChI is InChI=1S/C16H14ClN3O2/c1-3-9-4-6-10(7-5-9)20-12-11(17)15(21)13-14(16(12)22)19-8(2)18-13/h4-7,20H,3H2,1-2H3,(H,18,19). The lowest BCUT2D eigenvalue weighted by molar-refractivity contribution is 0.0977. The van der Waals surface area contributed by atoms with Crippen LogP contribution in [0.25, 0.3) is 0 Å². The number of benzene rings is 1. The molecule has 1 aromatic heterocycles. The van der Waals surface area contributed by atoms with E-state index in [2.05, 4.69) is 22.2 Å². The Bertz CT molecular complexity index is 803. The number of carbonyl (C=O) groups excluding carboxylic acids is 2. The zero-order chi connectivity index (χ0) is 15.9. The number of hydrogen-bond donors (Lipinski definition) is 2. The van der Waals surface area contributed by atoms with Crippen LogP contribution in [-0.4, -0.2) is 21.5 Å². The van der Waals surface area contributed by atoms with Crippen molar-refractivity contribution in [2.45, 2.75) is 20.3 Å². The Kier molecular flexibility index (Phi) is 3.58. The molecule has 22 heavy (non-hydrogen) atoms. The minimum atomic E-state index is -0.426. The number of fused-ring (bicyclic) bond motifs is 1. The van der Waals surface area contributed by atoms with Gasteiger partial charge in [0, 0.05) is 5.69 Å². The van der Waals surface area contributed by atoms with Crippen LogP contribution < -0.4 is 5.32 Å². The van der Waals surface area contributed by atoms with E-state index >= 15 is 0 Å². The number of hydrogen-bond acceptors (Lipinski definition) is 4. The molecule has 0 spiro atoms. The van der Waals surface area contributed by atoms with Gasteiger partial charge < -0.3 is 10.3 Å². The molecule has 5 nitrogen and oxygen atoms in total. The molecule has 0 atom stereocenters. The smallest absolute Gasteiger partial charge is 0.231 e. The summed E-state index contributed by atoms with van der Waals surface area (Å²) in [5, 5.41) is 2.81. The maximum Gasteiger partial charge on any atom is 0.231 e. The zero-order valence-corrected chi connectivity index (χ0v) is 12.9. The number of imidazole rings is 1. The Morgan fingerprint density at radius 2 is 1.86 bits per heavy atom. The molecule has 2 N–H and O–H groups in total. The fourth-order valence-electron chi connectivity index (χ4n) is 2.34. The van der Waals surface area contributed by atoms with Crippen LogP contribution >= 0.6 is 11.6 Å². The summed E-state index contributed by atoms with van der Waals surface area (Å²) in [4.78, 5) is 31.6. The van der Waals surface area contributed by atoms with Gasteiger partial charge in [-0.1, -0.05) is 30.7 Å². The summed E-state index contributed by atoms with van der Waals surface area (Å²) < 4.78 is 0. The highest BCUT2D eigenvalue weighted by atomic mass is 35.5. The molecule has 1 aliphatic rings. The van der Waals surface area contributed by atoms with Crippen LogP contribution in [0.4, 0.5) is 5.69 Å². The highest BCUT2D eigenvalue weighted by molar-refractivity contribution is 6.49. The minimum absolute atomic E-state index is 0.0647. The van der Waals surface area contributed by atoms with Gasteiger partial charge in [0.15, 0.2) is 0 Å². The average molecular weight is 316 g/mol. The van der Waals surface area contributed by atoms with Crippen LogP contribution in [0.15, 0.2) is 35.0 Å². The Morgan fingerprint density at radius 3 is 2.50 bits per heavy atom. The summed E-state index contributed by atoms with van der Waals surface area (Å²) in [5.41, 5.74) is 2.21. The lowest BCUT2D eigenvalue weighted by Crippen LogP contribution is -2.24. The second-order valence-corrected chi connectivity index (χ2v) is 5.45. The fourth-order valence-corrected chi connectivity index (χ4v) is 2.57. The van der Waals surface area contributed by atoms with Gasteiger partial charge in [-0.2, -0.15) is 0 Å². The molecule has 1 aromatic carbocycles. The number of Topliss-reactive ketones (excluding diaryl/α,β-unsaturated/α-hetero) is 2. The number of halogens is 1. The summed E-state index contributed by atoms with van der Waals surface area (Å²) in [6.07, 6.45) is 0.928. The molecule has 112 valence electrons. The number of aromatic nitrogens is 2. The van der Waals surface area contributed by atoms with Crippen molar-refractivity contribution < 1.29 is 9.59 Å². The monoisotopic (exact) mass is 315 g/mol. The van der Waals surface area contributed by atoms with E-state index in [9.17, 15) is 9.59 Å². The van der Waals surface area contributed by atoms with Gasteiger partial charge in [0.1, 0.15) is 27.9 Å². The molecule has 0 saturated heterocycles. The summed E-state index contributed by atoms with van der Waals surface area (Å²) >= 11 is 6.07. The van der Waals surface area contributed by atoms with Gasteiger partial charge in [-0.05, 0) is 31.0 Å². The van der Waals surface area contributed by atoms with Gasteiger partial charge in [0.25, 0.3) is 0 Å². The predicted molar refractivity (Wildman–Crippen MR) is 84.3 cm³/mol. The van der Waals surface area contributed by atoms with Gasteiger partial charge in [0.05, 0.1) is 0 Å². The second-order valence-electron chi connectivity index (χ2n) is 5.07. The summed E-state index contributed by atoms with van der Waals surface area (Å²) in [6, 6.07) is 7.60. The maximum atomic E-state index is 12.5. The molecule has 2 aromatic rings. The van der Waals surface area contributed by atoms with Gasteiger partial charge in [-0.15, -0.1) is 0 Å². The number of H-pyrrole nitrogens is 1. The van der Waals surface area contributed by atoms with Crippen molar-refractivity contribution in [1.29, 1.82) is 0 Å². The molecule has 3 rings (SSSR count). The van der Waals surface area contributed by atoms with E-state index in [4.69, 9.17) is 11.6 Å². The fraction of sp³-hybridized carbons (Fsp3) is 0.188. The summed E-state index contributed by atoms with van der Waals surface area (Å²) in [6.45, 7) is 3.75. The molecule has 0 bridgehead atoms. The Labute approximate surface area is 132 Å². The van der Waals surface area contributed by atoms with E-state index in [1.165, 1.54) is 5.56 Å². The van der Waals surface area contributed by atoms with Crippen LogP contribution in [0.3, 0.4) is 0 Å². The van der Waals surface area contributed by atoms with E-state index in [1.807, 2.05) is 24.3 Å². The number of aryl methyl sites for hydroxylation is 2. The third-order valence-corrected chi connectivity index (χ3v) is 3.90. The number of anilines is 1. The largest absolute Gasteiger partial charge is 0.351 e. The van der Waals surface area contributed by atoms with Crippen molar-refractivity contribution >= 4 is 28.9 Å². The molecule has 0 radical (unpaired) electrons. The number of ketones is 2. The van der Waals surface area contributed by atoms with Crippen molar-refractivity contribution in [3.8, 4) is 0 Å². The van der Waals surface area contributed by atoms with Crippen LogP contribution in [0.1, 0.15) is 39.3 Å². The molecule has 6 heteroatoms. The Morgan fingerprint density at radius 1 is 1.18 bits per heavy atom. The molecule has 0 fully saturated rings. The Balaban J connectivity index is 1.97. The number of nitrogens with one attached hydrogen (secondary N) is 2. The normalized spacial score (nSPS) is 14.3. The van der Waals surface area contributed by atoms with Crippen molar-refractivity contribution in [3.63, 3.8) is 0 Å². The summed E-state index contributed by atoms with van der Waals surface area (Å²) in [5.74, 6) is -0.308. The van der Waals surface area contributed by atoms with Crippen molar-refractivity contribution in [1.82, 2.24) is 9.97 Å². The average Bonchev–Trinajstić information content (AvgIpc) is 2.92. The molecule has 1 aliphatic carbocycles. The second kappa shape index (κ2) is 5.42. The number of rotatable bonds is 3. The van der Waals surface area contributed by atoms with E-state index in [-0.39, 0.29) is 27.9 Å². The predicted octanol–water partition coefficient (Wildman–Crippen LogP) is 3.22. The van der Waals surface area contributed by atoms with Gasteiger partial charge in [-0.25, -0.2) is 4.98 Å². The van der Waals surface area contributed by atoms with E-state index in [0.29, 0.717) is 11.5 Å². The first-order chi connectivity index (χ1) is 10.5. The molecular weight excluding hydrogens is 302 g/mol. The van der Waals surface area contributed by atoms with Crippen LogP contribution in [-0.2, 0) is 6.42 Å². The highest BCUT2D eigenvalue weighted by Crippen LogP contribution is 2.28. The topological polar surface area (TPSA) is 74.8 Å². The van der Waals surface area contributed by atoms with Gasteiger partial charge >= 0.3 is 0 Å². The number of carbonyl (C=O) groups is 2. The molecule has 0 aliphatic heterocycles. The first kappa shape index (κ1) is 14.5. The van der Waals surface area contributed by atoms with Gasteiger partial charge in [-0.3, -0.25) is 9.59 Å². The third-order valence-electron chi connectivity index (χ3n) is 3.54.